The molecule has 0 aliphatic rings. The molecule has 3 heteroatoms. The van der Waals surface area contributed by atoms with E-state index in [1.54, 1.807) is 11.8 Å². The molecule has 2 nitrogen and oxygen atoms in total. The zero-order valence-corrected chi connectivity index (χ0v) is 14.9. The van der Waals surface area contributed by atoms with E-state index in [1.807, 2.05) is 31.2 Å². The molecule has 0 bridgehead atoms. The average molecular weight is 328 g/mol. The maximum atomic E-state index is 12.1. The Morgan fingerprint density at radius 3 is 2.65 bits per heavy atom. The SMILES string of the molecule is CCCSCC(=O)c1ccc(OCc2cccc(C)c2)c(C)c1. The standard InChI is InChI=1S/C20H24O2S/c1-4-10-23-14-19(21)18-8-9-20(16(3)12-18)22-13-17-7-5-6-15(2)11-17/h5-9,11-12H,4,10,13-14H2,1-3H3. The Morgan fingerprint density at radius 2 is 1.96 bits per heavy atom. The lowest BCUT2D eigenvalue weighted by Gasteiger charge is -2.11. The van der Waals surface area contributed by atoms with Gasteiger partial charge in [-0.15, -0.1) is 0 Å². The first-order chi connectivity index (χ1) is 11.1. The number of rotatable bonds is 8. The summed E-state index contributed by atoms with van der Waals surface area (Å²) in [6.07, 6.45) is 1.10. The summed E-state index contributed by atoms with van der Waals surface area (Å²) in [5.41, 5.74) is 4.16. The first kappa shape index (κ1) is 17.6. The second-order valence-corrected chi connectivity index (χ2v) is 6.84. The minimum absolute atomic E-state index is 0.191. The largest absolute Gasteiger partial charge is 0.489 e. The second kappa shape index (κ2) is 8.78. The number of hydrogen-bond donors (Lipinski definition) is 0. The van der Waals surface area contributed by atoms with Crippen molar-refractivity contribution in [2.75, 3.05) is 11.5 Å². The van der Waals surface area contributed by atoms with Gasteiger partial charge in [-0.25, -0.2) is 0 Å². The highest BCUT2D eigenvalue weighted by molar-refractivity contribution is 7.99. The smallest absolute Gasteiger partial charge is 0.172 e. The van der Waals surface area contributed by atoms with Crippen LogP contribution >= 0.6 is 11.8 Å². The molecule has 2 aromatic carbocycles. The van der Waals surface area contributed by atoms with Crippen LogP contribution < -0.4 is 4.74 Å². The Kier molecular flexibility index (Phi) is 6.72. The van der Waals surface area contributed by atoms with Gasteiger partial charge in [-0.05, 0) is 55.3 Å². The van der Waals surface area contributed by atoms with Gasteiger partial charge in [0.05, 0.1) is 5.75 Å². The van der Waals surface area contributed by atoms with Gasteiger partial charge in [-0.1, -0.05) is 36.8 Å². The third-order valence-corrected chi connectivity index (χ3v) is 4.72. The van der Waals surface area contributed by atoms with Crippen molar-refractivity contribution in [2.24, 2.45) is 0 Å². The fraction of sp³-hybridized carbons (Fsp3) is 0.350. The van der Waals surface area contributed by atoms with Gasteiger partial charge in [-0.3, -0.25) is 4.79 Å². The number of benzene rings is 2. The van der Waals surface area contributed by atoms with Crippen molar-refractivity contribution in [2.45, 2.75) is 33.8 Å². The number of ether oxygens (including phenoxy) is 1. The number of thioether (sulfide) groups is 1. The van der Waals surface area contributed by atoms with Crippen molar-refractivity contribution < 1.29 is 9.53 Å². The molecular weight excluding hydrogens is 304 g/mol. The van der Waals surface area contributed by atoms with E-state index >= 15 is 0 Å². The summed E-state index contributed by atoms with van der Waals surface area (Å²) in [6.45, 7) is 6.73. The monoisotopic (exact) mass is 328 g/mol. The van der Waals surface area contributed by atoms with Crippen molar-refractivity contribution in [1.29, 1.82) is 0 Å². The minimum atomic E-state index is 0.191. The van der Waals surface area contributed by atoms with Gasteiger partial charge in [-0.2, -0.15) is 11.8 Å². The van der Waals surface area contributed by atoms with Gasteiger partial charge in [0.15, 0.2) is 5.78 Å². The lowest BCUT2D eigenvalue weighted by Crippen LogP contribution is -2.04. The van der Waals surface area contributed by atoms with E-state index in [0.29, 0.717) is 12.4 Å². The molecule has 0 saturated carbocycles. The molecule has 2 aromatic rings. The van der Waals surface area contributed by atoms with E-state index in [2.05, 4.69) is 32.0 Å². The molecule has 122 valence electrons. The summed E-state index contributed by atoms with van der Waals surface area (Å²) >= 11 is 1.69. The zero-order valence-electron chi connectivity index (χ0n) is 14.1. The number of carbonyl (C=O) groups is 1. The molecule has 0 saturated heterocycles. The molecule has 0 fully saturated rings. The quantitative estimate of drug-likeness (QED) is 0.491. The zero-order chi connectivity index (χ0) is 16.7. The number of carbonyl (C=O) groups excluding carboxylic acids is 1. The minimum Gasteiger partial charge on any atom is -0.489 e. The molecule has 0 radical (unpaired) electrons. The highest BCUT2D eigenvalue weighted by Gasteiger charge is 2.09. The summed E-state index contributed by atoms with van der Waals surface area (Å²) in [5.74, 6) is 2.61. The Bertz CT molecular complexity index is 664. The predicted molar refractivity (Wildman–Crippen MR) is 98.6 cm³/mol. The summed E-state index contributed by atoms with van der Waals surface area (Å²) < 4.78 is 5.89. The lowest BCUT2D eigenvalue weighted by molar-refractivity contribution is 0.102. The van der Waals surface area contributed by atoms with E-state index in [4.69, 9.17) is 4.74 Å². The van der Waals surface area contributed by atoms with Crippen LogP contribution in [0.1, 0.15) is 40.4 Å². The number of Topliss-reactive ketones (excluding diaryl/α,β-unsaturated/α-hetero) is 1. The van der Waals surface area contributed by atoms with E-state index in [0.717, 1.165) is 34.6 Å². The van der Waals surface area contributed by atoms with Gasteiger partial charge < -0.3 is 4.74 Å². The Labute approximate surface area is 143 Å². The van der Waals surface area contributed by atoms with Crippen molar-refractivity contribution in [3.8, 4) is 5.75 Å². The number of aryl methyl sites for hydroxylation is 2. The van der Waals surface area contributed by atoms with Gasteiger partial charge in [0.25, 0.3) is 0 Å². The molecule has 0 amide bonds. The van der Waals surface area contributed by atoms with Crippen molar-refractivity contribution in [1.82, 2.24) is 0 Å². The van der Waals surface area contributed by atoms with Crippen LogP contribution in [0.5, 0.6) is 5.75 Å². The lowest BCUT2D eigenvalue weighted by atomic mass is 10.1. The predicted octanol–water partition coefficient (Wildman–Crippen LogP) is 5.21. The average Bonchev–Trinajstić information content (AvgIpc) is 2.54. The Hall–Kier alpha value is -1.74. The molecule has 0 aliphatic heterocycles. The maximum Gasteiger partial charge on any atom is 0.172 e. The van der Waals surface area contributed by atoms with Gasteiger partial charge in [0.1, 0.15) is 12.4 Å². The molecule has 2 rings (SSSR count). The molecule has 0 N–H and O–H groups in total. The first-order valence-electron chi connectivity index (χ1n) is 8.00. The Balaban J connectivity index is 1.97. The first-order valence-corrected chi connectivity index (χ1v) is 9.15. The normalized spacial score (nSPS) is 10.6. The third-order valence-electron chi connectivity index (χ3n) is 3.56. The molecule has 0 aromatic heterocycles. The van der Waals surface area contributed by atoms with Crippen molar-refractivity contribution >= 4 is 17.5 Å². The summed E-state index contributed by atoms with van der Waals surface area (Å²) in [6, 6.07) is 14.0. The van der Waals surface area contributed by atoms with Gasteiger partial charge >= 0.3 is 0 Å². The number of ketones is 1. The van der Waals surface area contributed by atoms with Crippen LogP contribution in [0, 0.1) is 13.8 Å². The fourth-order valence-electron chi connectivity index (χ4n) is 2.34. The van der Waals surface area contributed by atoms with Crippen molar-refractivity contribution in [3.63, 3.8) is 0 Å². The molecule has 0 spiro atoms. The van der Waals surface area contributed by atoms with E-state index in [-0.39, 0.29) is 5.78 Å². The van der Waals surface area contributed by atoms with E-state index in [1.165, 1.54) is 5.56 Å². The van der Waals surface area contributed by atoms with E-state index in [9.17, 15) is 4.79 Å². The number of hydrogen-bond acceptors (Lipinski definition) is 3. The fourth-order valence-corrected chi connectivity index (χ4v) is 3.13. The molecular formula is C20H24O2S. The third kappa shape index (κ3) is 5.43. The molecule has 0 heterocycles. The topological polar surface area (TPSA) is 26.3 Å². The second-order valence-electron chi connectivity index (χ2n) is 5.73. The summed E-state index contributed by atoms with van der Waals surface area (Å²) in [7, 11) is 0. The molecule has 0 unspecified atom stereocenters. The maximum absolute atomic E-state index is 12.1. The highest BCUT2D eigenvalue weighted by Crippen LogP contribution is 2.21. The van der Waals surface area contributed by atoms with Crippen LogP contribution in [-0.2, 0) is 6.61 Å². The van der Waals surface area contributed by atoms with Crippen LogP contribution in [0.2, 0.25) is 0 Å². The van der Waals surface area contributed by atoms with Crippen molar-refractivity contribution in [3.05, 3.63) is 64.7 Å². The van der Waals surface area contributed by atoms with Crippen LogP contribution in [0.3, 0.4) is 0 Å². The van der Waals surface area contributed by atoms with Crippen LogP contribution in [0.25, 0.3) is 0 Å². The van der Waals surface area contributed by atoms with Gasteiger partial charge in [0, 0.05) is 5.56 Å². The van der Waals surface area contributed by atoms with Crippen LogP contribution in [-0.4, -0.2) is 17.3 Å². The molecule has 0 aliphatic carbocycles. The van der Waals surface area contributed by atoms with Gasteiger partial charge in [0.2, 0.25) is 0 Å². The van der Waals surface area contributed by atoms with Crippen LogP contribution in [0.4, 0.5) is 0 Å². The van der Waals surface area contributed by atoms with E-state index < -0.39 is 0 Å². The molecule has 23 heavy (non-hydrogen) atoms. The summed E-state index contributed by atoms with van der Waals surface area (Å²) in [5, 5.41) is 0. The highest BCUT2D eigenvalue weighted by atomic mass is 32.2. The van der Waals surface area contributed by atoms with Crippen LogP contribution in [0.15, 0.2) is 42.5 Å². The summed E-state index contributed by atoms with van der Waals surface area (Å²) in [4.78, 5) is 12.1. The molecule has 0 atom stereocenters. The Morgan fingerprint density at radius 1 is 1.13 bits per heavy atom.